The number of nitriles is 1. The molecule has 0 aliphatic heterocycles. The van der Waals surface area contributed by atoms with Gasteiger partial charge in [-0.05, 0) is 19.4 Å². The van der Waals surface area contributed by atoms with Crippen molar-refractivity contribution in [2.45, 2.75) is 13.8 Å². The van der Waals surface area contributed by atoms with E-state index in [2.05, 4.69) is 4.99 Å². The number of carbonyl (C=O) groups excluding carboxylic acids is 1. The van der Waals surface area contributed by atoms with Crippen LogP contribution in [0.25, 0.3) is 0 Å². The molecule has 1 aromatic heterocycles. The van der Waals surface area contributed by atoms with Gasteiger partial charge in [-0.25, -0.2) is 4.79 Å². The molecule has 1 heterocycles. The van der Waals surface area contributed by atoms with Crippen molar-refractivity contribution >= 4 is 22.4 Å². The van der Waals surface area contributed by atoms with Crippen molar-refractivity contribution in [2.75, 3.05) is 0 Å². The molecule has 0 aromatic carbocycles. The highest BCUT2D eigenvalue weighted by atomic mass is 32.1. The number of nitrogens with zero attached hydrogens (tertiary/aromatic N) is 2. The number of aryl methyl sites for hydroxylation is 1. The molecule has 1 rings (SSSR count). The summed E-state index contributed by atoms with van der Waals surface area (Å²) >= 11 is 1.34. The standard InChI is InChI=1S/C8H6N2OS/c1-5-6(2)12-8(10-4-11)7(5)3-9/h1-2H3. The first-order valence-corrected chi connectivity index (χ1v) is 4.10. The number of rotatable bonds is 1. The second-order valence-electron chi connectivity index (χ2n) is 2.28. The summed E-state index contributed by atoms with van der Waals surface area (Å²) in [5, 5.41) is 9.17. The van der Waals surface area contributed by atoms with Crippen LogP contribution in [0, 0.1) is 25.2 Å². The maximum Gasteiger partial charge on any atom is 0.241 e. The molecule has 0 saturated heterocycles. The van der Waals surface area contributed by atoms with Crippen molar-refractivity contribution in [3.63, 3.8) is 0 Å². The quantitative estimate of drug-likeness (QED) is 0.489. The van der Waals surface area contributed by atoms with E-state index in [4.69, 9.17) is 5.26 Å². The molecule has 0 spiro atoms. The van der Waals surface area contributed by atoms with Crippen LogP contribution in [0.15, 0.2) is 4.99 Å². The lowest BCUT2D eigenvalue weighted by atomic mass is 10.2. The van der Waals surface area contributed by atoms with Gasteiger partial charge in [0.1, 0.15) is 11.1 Å². The van der Waals surface area contributed by atoms with E-state index < -0.39 is 0 Å². The van der Waals surface area contributed by atoms with Gasteiger partial charge >= 0.3 is 0 Å². The Balaban J connectivity index is 3.41. The third-order valence-corrected chi connectivity index (χ3v) is 2.73. The summed E-state index contributed by atoms with van der Waals surface area (Å²) < 4.78 is 0. The van der Waals surface area contributed by atoms with Gasteiger partial charge < -0.3 is 0 Å². The van der Waals surface area contributed by atoms with E-state index in [1.807, 2.05) is 19.9 Å². The Bertz CT molecular complexity index is 394. The first kappa shape index (κ1) is 8.66. The zero-order valence-electron chi connectivity index (χ0n) is 6.71. The summed E-state index contributed by atoms with van der Waals surface area (Å²) in [6.07, 6.45) is 1.43. The fourth-order valence-electron chi connectivity index (χ4n) is 0.861. The van der Waals surface area contributed by atoms with Gasteiger partial charge in [0.2, 0.25) is 6.08 Å². The summed E-state index contributed by atoms with van der Waals surface area (Å²) in [6, 6.07) is 2.01. The summed E-state index contributed by atoms with van der Waals surface area (Å²) in [6.45, 7) is 3.73. The van der Waals surface area contributed by atoms with Crippen LogP contribution in [0.2, 0.25) is 0 Å². The number of hydrogen-bond donors (Lipinski definition) is 0. The Hall–Kier alpha value is -1.43. The molecule has 0 radical (unpaired) electrons. The van der Waals surface area contributed by atoms with E-state index in [1.54, 1.807) is 0 Å². The SMILES string of the molecule is Cc1sc(N=C=O)c(C#N)c1C. The third kappa shape index (κ3) is 1.28. The van der Waals surface area contributed by atoms with Crippen LogP contribution >= 0.6 is 11.3 Å². The van der Waals surface area contributed by atoms with Crippen molar-refractivity contribution in [1.82, 2.24) is 0 Å². The molecule has 0 bridgehead atoms. The zero-order chi connectivity index (χ0) is 9.14. The Kier molecular flexibility index (Phi) is 2.39. The molecule has 0 atom stereocenters. The van der Waals surface area contributed by atoms with Crippen LogP contribution in [0.1, 0.15) is 16.0 Å². The molecule has 1 aromatic rings. The van der Waals surface area contributed by atoms with Crippen LogP contribution in [-0.4, -0.2) is 6.08 Å². The molecular formula is C8H6N2OS. The summed E-state index contributed by atoms with van der Waals surface area (Å²) in [5.41, 5.74) is 1.39. The molecule has 4 heteroatoms. The normalized spacial score (nSPS) is 8.75. The summed E-state index contributed by atoms with van der Waals surface area (Å²) in [7, 11) is 0. The highest BCUT2D eigenvalue weighted by Gasteiger charge is 2.10. The van der Waals surface area contributed by atoms with E-state index in [9.17, 15) is 4.79 Å². The predicted octanol–water partition coefficient (Wildman–Crippen LogP) is 2.20. The van der Waals surface area contributed by atoms with Gasteiger partial charge in [-0.1, -0.05) is 0 Å². The van der Waals surface area contributed by atoms with E-state index in [0.29, 0.717) is 10.6 Å². The zero-order valence-corrected chi connectivity index (χ0v) is 7.53. The van der Waals surface area contributed by atoms with Gasteiger partial charge in [-0.2, -0.15) is 10.3 Å². The van der Waals surface area contributed by atoms with Gasteiger partial charge in [0.25, 0.3) is 0 Å². The minimum Gasteiger partial charge on any atom is -0.211 e. The maximum absolute atomic E-state index is 9.97. The Morgan fingerprint density at radius 2 is 2.17 bits per heavy atom. The van der Waals surface area contributed by atoms with Gasteiger partial charge in [0.05, 0.1) is 5.56 Å². The monoisotopic (exact) mass is 178 g/mol. The smallest absolute Gasteiger partial charge is 0.211 e. The van der Waals surface area contributed by atoms with E-state index in [1.165, 1.54) is 17.4 Å². The molecular weight excluding hydrogens is 172 g/mol. The van der Waals surface area contributed by atoms with E-state index >= 15 is 0 Å². The van der Waals surface area contributed by atoms with E-state index in [-0.39, 0.29) is 0 Å². The van der Waals surface area contributed by atoms with Gasteiger partial charge in [-0.3, -0.25) is 0 Å². The first-order chi connectivity index (χ1) is 5.70. The highest BCUT2D eigenvalue weighted by Crippen LogP contribution is 2.33. The molecule has 0 aliphatic carbocycles. The molecule has 60 valence electrons. The van der Waals surface area contributed by atoms with Crippen molar-refractivity contribution in [3.8, 4) is 6.07 Å². The second-order valence-corrected chi connectivity index (χ2v) is 3.48. The van der Waals surface area contributed by atoms with E-state index in [0.717, 1.165) is 10.4 Å². The number of isocyanates is 1. The van der Waals surface area contributed by atoms with Gasteiger partial charge in [0.15, 0.2) is 0 Å². The highest BCUT2D eigenvalue weighted by molar-refractivity contribution is 7.16. The third-order valence-electron chi connectivity index (χ3n) is 1.63. The number of thiophene rings is 1. The second kappa shape index (κ2) is 3.31. The van der Waals surface area contributed by atoms with Crippen LogP contribution in [0.5, 0.6) is 0 Å². The molecule has 0 aliphatic rings. The van der Waals surface area contributed by atoms with Crippen molar-refractivity contribution in [1.29, 1.82) is 5.26 Å². The van der Waals surface area contributed by atoms with Crippen LogP contribution in [0.3, 0.4) is 0 Å². The largest absolute Gasteiger partial charge is 0.241 e. The van der Waals surface area contributed by atoms with Gasteiger partial charge in [-0.15, -0.1) is 11.3 Å². The molecule has 0 amide bonds. The fraction of sp³-hybridized carbons (Fsp3) is 0.250. The molecule has 0 unspecified atom stereocenters. The molecule has 0 fully saturated rings. The Morgan fingerprint density at radius 3 is 2.67 bits per heavy atom. The molecule has 0 N–H and O–H groups in total. The van der Waals surface area contributed by atoms with Gasteiger partial charge in [0, 0.05) is 4.88 Å². The lowest BCUT2D eigenvalue weighted by Gasteiger charge is -1.85. The lowest BCUT2D eigenvalue weighted by Crippen LogP contribution is -1.74. The molecule has 3 nitrogen and oxygen atoms in total. The first-order valence-electron chi connectivity index (χ1n) is 3.28. The summed E-state index contributed by atoms with van der Waals surface area (Å²) in [5.74, 6) is 0. The van der Waals surface area contributed by atoms with Crippen molar-refractivity contribution < 1.29 is 4.79 Å². The van der Waals surface area contributed by atoms with Crippen LogP contribution in [0.4, 0.5) is 5.00 Å². The van der Waals surface area contributed by atoms with Crippen molar-refractivity contribution in [2.24, 2.45) is 4.99 Å². The number of aliphatic imine (C=N–C) groups is 1. The Morgan fingerprint density at radius 1 is 1.50 bits per heavy atom. The average Bonchev–Trinajstić information content (AvgIpc) is 2.29. The molecule has 12 heavy (non-hydrogen) atoms. The minimum atomic E-state index is 0.461. The van der Waals surface area contributed by atoms with Crippen molar-refractivity contribution in [3.05, 3.63) is 16.0 Å². The fourth-order valence-corrected chi connectivity index (χ4v) is 1.79. The number of hydrogen-bond acceptors (Lipinski definition) is 4. The minimum absolute atomic E-state index is 0.461. The predicted molar refractivity (Wildman–Crippen MR) is 46.3 cm³/mol. The maximum atomic E-state index is 9.97. The molecule has 0 saturated carbocycles. The Labute approximate surface area is 74.0 Å². The van der Waals surface area contributed by atoms with Crippen LogP contribution in [-0.2, 0) is 4.79 Å². The van der Waals surface area contributed by atoms with Crippen LogP contribution < -0.4 is 0 Å². The summed E-state index contributed by atoms with van der Waals surface area (Å²) in [4.78, 5) is 14.4. The topological polar surface area (TPSA) is 53.2 Å². The average molecular weight is 178 g/mol. The lowest BCUT2D eigenvalue weighted by molar-refractivity contribution is 0.565.